The summed E-state index contributed by atoms with van der Waals surface area (Å²) >= 11 is 1.51. The first kappa shape index (κ1) is 23.0. The Hall–Kier alpha value is -2.68. The van der Waals surface area contributed by atoms with Crippen LogP contribution in [0.5, 0.6) is 11.5 Å². The normalized spacial score (nSPS) is 15.4. The van der Waals surface area contributed by atoms with Gasteiger partial charge in [0.1, 0.15) is 5.76 Å². The number of carbonyl (C=O) groups is 2. The fraction of sp³-hybridized carbons (Fsp3) is 0.500. The van der Waals surface area contributed by atoms with Crippen molar-refractivity contribution in [1.29, 1.82) is 0 Å². The van der Waals surface area contributed by atoms with Gasteiger partial charge in [0.2, 0.25) is 5.91 Å². The molecule has 0 N–H and O–H groups in total. The van der Waals surface area contributed by atoms with Gasteiger partial charge in [-0.2, -0.15) is 0 Å². The van der Waals surface area contributed by atoms with Crippen molar-refractivity contribution in [2.75, 3.05) is 33.6 Å². The van der Waals surface area contributed by atoms with E-state index in [1.165, 1.54) is 18.9 Å². The topological polar surface area (TPSA) is 91.1 Å². The summed E-state index contributed by atoms with van der Waals surface area (Å²) in [6.45, 7) is 4.28. The first-order valence-corrected chi connectivity index (χ1v) is 11.2. The zero-order valence-corrected chi connectivity index (χ0v) is 19.3. The Morgan fingerprint density at radius 3 is 2.52 bits per heavy atom. The molecular formula is C22H28N2O6S. The molecule has 2 heterocycles. The summed E-state index contributed by atoms with van der Waals surface area (Å²) in [5.74, 6) is 2.52. The molecule has 1 aromatic carbocycles. The highest BCUT2D eigenvalue weighted by Crippen LogP contribution is 2.40. The Morgan fingerprint density at radius 2 is 1.90 bits per heavy atom. The lowest BCUT2D eigenvalue weighted by Gasteiger charge is -2.37. The summed E-state index contributed by atoms with van der Waals surface area (Å²) in [7, 11) is 4.51. The number of methoxy groups -OCH3 is 3. The quantitative estimate of drug-likeness (QED) is 0.569. The Kier molecular flexibility index (Phi) is 7.48. The summed E-state index contributed by atoms with van der Waals surface area (Å²) in [4.78, 5) is 27.0. The number of benzene rings is 1. The maximum Gasteiger partial charge on any atom is 0.307 e. The van der Waals surface area contributed by atoms with Crippen LogP contribution >= 0.6 is 11.8 Å². The second-order valence-electron chi connectivity index (χ2n) is 7.33. The van der Waals surface area contributed by atoms with Gasteiger partial charge in [0.25, 0.3) is 0 Å². The Labute approximate surface area is 186 Å². The minimum atomic E-state index is -0.414. The molecule has 168 valence electrons. The van der Waals surface area contributed by atoms with E-state index in [1.807, 2.05) is 26.0 Å². The second-order valence-corrected chi connectivity index (χ2v) is 8.32. The fourth-order valence-corrected chi connectivity index (χ4v) is 4.88. The number of carbonyl (C=O) groups excluding carboxylic acids is 2. The number of thioether (sulfide) groups is 1. The molecule has 1 unspecified atom stereocenters. The molecular weight excluding hydrogens is 420 g/mol. The summed E-state index contributed by atoms with van der Waals surface area (Å²) in [6.07, 6.45) is 0.757. The molecule has 1 aliphatic heterocycles. The summed E-state index contributed by atoms with van der Waals surface area (Å²) in [6, 6.07) is 3.37. The maximum atomic E-state index is 13.1. The Balaban J connectivity index is 1.80. The van der Waals surface area contributed by atoms with Gasteiger partial charge in [0, 0.05) is 17.9 Å². The largest absolute Gasteiger partial charge is 0.493 e. The van der Waals surface area contributed by atoms with Crippen LogP contribution in [-0.2, 0) is 26.5 Å². The molecule has 8 nitrogen and oxygen atoms in total. The zero-order chi connectivity index (χ0) is 22.5. The predicted octanol–water partition coefficient (Wildman–Crippen LogP) is 3.23. The van der Waals surface area contributed by atoms with Crippen molar-refractivity contribution in [3.8, 4) is 11.5 Å². The van der Waals surface area contributed by atoms with Gasteiger partial charge in [-0.15, -0.1) is 11.8 Å². The summed E-state index contributed by atoms with van der Waals surface area (Å²) < 4.78 is 20.9. The van der Waals surface area contributed by atoms with Gasteiger partial charge in [-0.1, -0.05) is 5.16 Å². The van der Waals surface area contributed by atoms with Crippen LogP contribution < -0.4 is 9.47 Å². The lowest BCUT2D eigenvalue weighted by Crippen LogP contribution is -2.42. The molecule has 31 heavy (non-hydrogen) atoms. The molecule has 0 saturated carbocycles. The SMILES string of the molecule is COC(=O)CC1c2cc(OC)c(OC)cc2CCN1C(=O)CSCc1c(C)noc1C. The van der Waals surface area contributed by atoms with Crippen molar-refractivity contribution in [3.63, 3.8) is 0 Å². The number of aryl methyl sites for hydroxylation is 2. The van der Waals surface area contributed by atoms with Gasteiger partial charge in [0.05, 0.1) is 45.2 Å². The first-order chi connectivity index (χ1) is 14.9. The average molecular weight is 449 g/mol. The van der Waals surface area contributed by atoms with Crippen molar-refractivity contribution < 1.29 is 28.3 Å². The third-order valence-corrected chi connectivity index (χ3v) is 6.51. The van der Waals surface area contributed by atoms with Gasteiger partial charge < -0.3 is 23.6 Å². The third kappa shape index (κ3) is 4.98. The van der Waals surface area contributed by atoms with Gasteiger partial charge in [-0.05, 0) is 43.5 Å². The van der Waals surface area contributed by atoms with Crippen LogP contribution in [0.25, 0.3) is 0 Å². The lowest BCUT2D eigenvalue weighted by molar-refractivity contribution is -0.143. The molecule has 0 saturated heterocycles. The minimum Gasteiger partial charge on any atom is -0.493 e. The van der Waals surface area contributed by atoms with Gasteiger partial charge in [0.15, 0.2) is 11.5 Å². The van der Waals surface area contributed by atoms with E-state index in [-0.39, 0.29) is 18.3 Å². The van der Waals surface area contributed by atoms with Crippen molar-refractivity contribution in [3.05, 3.63) is 40.3 Å². The fourth-order valence-electron chi connectivity index (χ4n) is 3.82. The molecule has 0 bridgehead atoms. The summed E-state index contributed by atoms with van der Waals surface area (Å²) in [5.41, 5.74) is 3.79. The highest BCUT2D eigenvalue weighted by atomic mass is 32.2. The van der Waals surface area contributed by atoms with Crippen LogP contribution in [-0.4, -0.2) is 55.6 Å². The monoisotopic (exact) mass is 448 g/mol. The Morgan fingerprint density at radius 1 is 1.19 bits per heavy atom. The average Bonchev–Trinajstić information content (AvgIpc) is 3.10. The van der Waals surface area contributed by atoms with Crippen LogP contribution in [0.1, 0.15) is 40.6 Å². The standard InChI is InChI=1S/C22H28N2O6S/c1-13-17(14(2)30-23-13)11-31-12-21(25)24-7-6-15-8-19(27-3)20(28-4)9-16(15)18(24)10-22(26)29-5/h8-9,18H,6-7,10-12H2,1-5H3. The number of fused-ring (bicyclic) bond motifs is 1. The van der Waals surface area contributed by atoms with E-state index in [0.29, 0.717) is 36.0 Å². The molecule has 0 spiro atoms. The maximum absolute atomic E-state index is 13.1. The number of hydrogen-bond acceptors (Lipinski definition) is 8. The van der Waals surface area contributed by atoms with Crippen molar-refractivity contribution in [2.45, 2.75) is 38.5 Å². The number of rotatable bonds is 8. The number of aromatic nitrogens is 1. The van der Waals surface area contributed by atoms with Crippen LogP contribution in [0.3, 0.4) is 0 Å². The molecule has 0 aliphatic carbocycles. The number of esters is 1. The van der Waals surface area contributed by atoms with Gasteiger partial charge in [-0.3, -0.25) is 9.59 Å². The molecule has 1 atom stereocenters. The van der Waals surface area contributed by atoms with E-state index in [9.17, 15) is 9.59 Å². The molecule has 1 aliphatic rings. The van der Waals surface area contributed by atoms with Crippen molar-refractivity contribution in [2.24, 2.45) is 0 Å². The predicted molar refractivity (Wildman–Crippen MR) is 116 cm³/mol. The molecule has 0 fully saturated rings. The number of nitrogens with zero attached hydrogens (tertiary/aromatic N) is 2. The van der Waals surface area contributed by atoms with Crippen molar-refractivity contribution in [1.82, 2.24) is 10.1 Å². The highest BCUT2D eigenvalue weighted by molar-refractivity contribution is 7.99. The molecule has 1 amide bonds. The van der Waals surface area contributed by atoms with Crippen LogP contribution in [0.2, 0.25) is 0 Å². The molecule has 0 radical (unpaired) electrons. The van der Waals surface area contributed by atoms with Crippen molar-refractivity contribution >= 4 is 23.6 Å². The molecule has 9 heteroatoms. The minimum absolute atomic E-state index is 0.0221. The summed E-state index contributed by atoms with van der Waals surface area (Å²) in [5, 5.41) is 3.96. The third-order valence-electron chi connectivity index (χ3n) is 5.56. The zero-order valence-electron chi connectivity index (χ0n) is 18.5. The van der Waals surface area contributed by atoms with E-state index in [1.54, 1.807) is 19.1 Å². The molecule has 2 aromatic rings. The Bertz CT molecular complexity index is 938. The van der Waals surface area contributed by atoms with Crippen LogP contribution in [0, 0.1) is 13.8 Å². The van der Waals surface area contributed by atoms with E-state index in [0.717, 1.165) is 28.1 Å². The van der Waals surface area contributed by atoms with E-state index in [2.05, 4.69) is 5.16 Å². The molecule has 1 aromatic heterocycles. The van der Waals surface area contributed by atoms with E-state index in [4.69, 9.17) is 18.7 Å². The van der Waals surface area contributed by atoms with Gasteiger partial charge >= 0.3 is 5.97 Å². The van der Waals surface area contributed by atoms with E-state index < -0.39 is 6.04 Å². The number of ether oxygens (including phenoxy) is 3. The number of amides is 1. The van der Waals surface area contributed by atoms with E-state index >= 15 is 0 Å². The molecule has 3 rings (SSSR count). The first-order valence-electron chi connectivity index (χ1n) is 10.00. The smallest absolute Gasteiger partial charge is 0.307 e. The highest BCUT2D eigenvalue weighted by Gasteiger charge is 2.33. The lowest BCUT2D eigenvalue weighted by atomic mass is 9.90. The van der Waals surface area contributed by atoms with Crippen LogP contribution in [0.15, 0.2) is 16.7 Å². The number of hydrogen-bond donors (Lipinski definition) is 0. The van der Waals surface area contributed by atoms with Gasteiger partial charge in [-0.25, -0.2) is 0 Å². The second kappa shape index (κ2) is 10.1. The van der Waals surface area contributed by atoms with Crippen LogP contribution in [0.4, 0.5) is 0 Å².